The van der Waals surface area contributed by atoms with Gasteiger partial charge in [-0.15, -0.1) is 0 Å². The van der Waals surface area contributed by atoms with Gasteiger partial charge in [0.25, 0.3) is 0 Å². The van der Waals surface area contributed by atoms with Gasteiger partial charge in [0.2, 0.25) is 0 Å². The fraction of sp³-hybridized carbons (Fsp3) is 0.875. The van der Waals surface area contributed by atoms with E-state index in [1.807, 2.05) is 4.90 Å². The van der Waals surface area contributed by atoms with Crippen LogP contribution in [-0.4, -0.2) is 44.8 Å². The van der Waals surface area contributed by atoms with E-state index in [4.69, 9.17) is 9.79 Å². The predicted octanol–water partition coefficient (Wildman–Crippen LogP) is 0.171. The molecule has 14 heavy (non-hydrogen) atoms. The quantitative estimate of drug-likeness (QED) is 0.578. The van der Waals surface area contributed by atoms with Crippen LogP contribution < -0.4 is 0 Å². The van der Waals surface area contributed by atoms with Crippen LogP contribution in [0.3, 0.4) is 0 Å². The largest absolute Gasteiger partial charge is 0.379 e. The summed E-state index contributed by atoms with van der Waals surface area (Å²) in [4.78, 5) is 19.3. The summed E-state index contributed by atoms with van der Waals surface area (Å²) in [5, 5.41) is 9.22. The van der Waals surface area contributed by atoms with Gasteiger partial charge in [0.05, 0.1) is 0 Å². The summed E-state index contributed by atoms with van der Waals surface area (Å²) < 4.78 is 10.7. The first-order valence-electron chi connectivity index (χ1n) is 4.71. The summed E-state index contributed by atoms with van der Waals surface area (Å²) >= 11 is 0. The molecular formula is C8H17NO4P. The van der Waals surface area contributed by atoms with E-state index in [0.717, 1.165) is 19.3 Å². The highest BCUT2D eigenvalue weighted by atomic mass is 31.2. The van der Waals surface area contributed by atoms with Gasteiger partial charge in [-0.05, 0) is 26.3 Å². The number of nitrogens with zero attached hydrogens (tertiary/aromatic N) is 1. The molecule has 5 nitrogen and oxygen atoms in total. The van der Waals surface area contributed by atoms with Crippen LogP contribution >= 0.6 is 7.60 Å². The Labute approximate surface area is 83.9 Å². The molecule has 0 aliphatic heterocycles. The number of rotatable bonds is 5. The molecule has 1 aliphatic rings. The second kappa shape index (κ2) is 4.73. The third-order valence-corrected chi connectivity index (χ3v) is 3.60. The molecule has 0 spiro atoms. The first-order chi connectivity index (χ1) is 6.45. The maximum Gasteiger partial charge on any atom is 0.355 e. The van der Waals surface area contributed by atoms with Crippen molar-refractivity contribution in [1.82, 2.24) is 4.90 Å². The lowest BCUT2D eigenvalue weighted by Gasteiger charge is -2.37. The molecule has 6 heteroatoms. The Morgan fingerprint density at radius 2 is 2.07 bits per heavy atom. The van der Waals surface area contributed by atoms with Crippen molar-refractivity contribution in [3.05, 3.63) is 6.92 Å². The Morgan fingerprint density at radius 1 is 1.50 bits per heavy atom. The van der Waals surface area contributed by atoms with Gasteiger partial charge in [-0.3, -0.25) is 9.46 Å². The van der Waals surface area contributed by atoms with Crippen molar-refractivity contribution in [2.75, 3.05) is 13.1 Å². The van der Waals surface area contributed by atoms with Gasteiger partial charge in [0.1, 0.15) is 0 Å². The van der Waals surface area contributed by atoms with Crippen molar-refractivity contribution in [1.29, 1.82) is 0 Å². The molecule has 0 saturated heterocycles. The average Bonchev–Trinajstić information content (AvgIpc) is 1.97. The average molecular weight is 222 g/mol. The molecule has 83 valence electrons. The van der Waals surface area contributed by atoms with Gasteiger partial charge < -0.3 is 14.9 Å². The number of aliphatic hydroxyl groups is 1. The van der Waals surface area contributed by atoms with E-state index in [9.17, 15) is 9.67 Å². The van der Waals surface area contributed by atoms with Crippen LogP contribution in [0.1, 0.15) is 19.3 Å². The van der Waals surface area contributed by atoms with Crippen LogP contribution in [0.2, 0.25) is 0 Å². The Morgan fingerprint density at radius 3 is 2.36 bits per heavy atom. The molecule has 1 radical (unpaired) electrons. The molecule has 0 aromatic rings. The smallest absolute Gasteiger partial charge is 0.355 e. The van der Waals surface area contributed by atoms with Crippen LogP contribution in [0, 0.1) is 6.92 Å². The first-order valence-corrected chi connectivity index (χ1v) is 6.40. The second-order valence-corrected chi connectivity index (χ2v) is 5.42. The normalized spacial score (nSPS) is 20.9. The fourth-order valence-electron chi connectivity index (χ4n) is 1.49. The molecular weight excluding hydrogens is 205 g/mol. The van der Waals surface area contributed by atoms with Crippen LogP contribution in [0.4, 0.5) is 0 Å². The van der Waals surface area contributed by atoms with E-state index in [1.165, 1.54) is 0 Å². The van der Waals surface area contributed by atoms with Crippen molar-refractivity contribution in [2.45, 2.75) is 31.1 Å². The zero-order chi connectivity index (χ0) is 10.8. The van der Waals surface area contributed by atoms with Crippen molar-refractivity contribution >= 4 is 7.60 Å². The summed E-state index contributed by atoms with van der Waals surface area (Å²) in [7, 11) is -4.36. The summed E-state index contributed by atoms with van der Waals surface area (Å²) in [6.45, 7) is 4.17. The minimum absolute atomic E-state index is 0.0123. The van der Waals surface area contributed by atoms with Crippen molar-refractivity contribution < 1.29 is 19.5 Å². The molecule has 3 N–H and O–H groups in total. The topological polar surface area (TPSA) is 81.0 Å². The lowest BCUT2D eigenvalue weighted by Crippen LogP contribution is -2.44. The summed E-state index contributed by atoms with van der Waals surface area (Å²) in [6, 6.07) is 0.341. The van der Waals surface area contributed by atoms with Crippen LogP contribution in [0.5, 0.6) is 0 Å². The molecule has 0 aromatic heterocycles. The zero-order valence-electron chi connectivity index (χ0n) is 8.04. The highest BCUT2D eigenvalue weighted by Crippen LogP contribution is 2.40. The van der Waals surface area contributed by atoms with Crippen molar-refractivity contribution in [2.24, 2.45) is 0 Å². The third kappa shape index (κ3) is 3.04. The van der Waals surface area contributed by atoms with E-state index >= 15 is 0 Å². The maximum atomic E-state index is 10.7. The van der Waals surface area contributed by atoms with Gasteiger partial charge in [-0.2, -0.15) is 0 Å². The Kier molecular flexibility index (Phi) is 4.10. The summed E-state index contributed by atoms with van der Waals surface area (Å²) in [6.07, 6.45) is 3.21. The SMILES string of the molecule is [CH2]CN(CC(O)P(=O)(O)O)C1CCC1. The molecule has 0 bridgehead atoms. The molecule has 0 amide bonds. The Bertz CT molecular complexity index is 225. The van der Waals surface area contributed by atoms with E-state index in [0.29, 0.717) is 12.6 Å². The van der Waals surface area contributed by atoms with Crippen LogP contribution in [-0.2, 0) is 4.57 Å². The highest BCUT2D eigenvalue weighted by Gasteiger charge is 2.32. The molecule has 1 unspecified atom stereocenters. The molecule has 1 atom stereocenters. The minimum Gasteiger partial charge on any atom is -0.379 e. The molecule has 0 aromatic carbocycles. The van der Waals surface area contributed by atoms with E-state index in [2.05, 4.69) is 6.92 Å². The van der Waals surface area contributed by atoms with Crippen LogP contribution in [0.25, 0.3) is 0 Å². The van der Waals surface area contributed by atoms with Gasteiger partial charge in [-0.1, -0.05) is 6.42 Å². The fourth-order valence-corrected chi connectivity index (χ4v) is 1.91. The van der Waals surface area contributed by atoms with E-state index in [1.54, 1.807) is 0 Å². The van der Waals surface area contributed by atoms with Gasteiger partial charge >= 0.3 is 7.60 Å². The molecule has 1 fully saturated rings. The molecule has 0 heterocycles. The lowest BCUT2D eigenvalue weighted by atomic mass is 9.91. The molecule has 1 aliphatic carbocycles. The van der Waals surface area contributed by atoms with Gasteiger partial charge in [0.15, 0.2) is 5.85 Å². The maximum absolute atomic E-state index is 10.7. The summed E-state index contributed by atoms with van der Waals surface area (Å²) in [5.74, 6) is -1.58. The number of hydrogen-bond acceptors (Lipinski definition) is 3. The first kappa shape index (κ1) is 12.1. The number of aliphatic hydroxyl groups excluding tert-OH is 1. The molecule has 1 saturated carbocycles. The lowest BCUT2D eigenvalue weighted by molar-refractivity contribution is 0.0873. The van der Waals surface area contributed by atoms with E-state index in [-0.39, 0.29) is 6.54 Å². The second-order valence-electron chi connectivity index (χ2n) is 3.65. The molecule has 1 rings (SSSR count). The van der Waals surface area contributed by atoms with Gasteiger partial charge in [-0.25, -0.2) is 0 Å². The van der Waals surface area contributed by atoms with Crippen molar-refractivity contribution in [3.8, 4) is 0 Å². The zero-order valence-corrected chi connectivity index (χ0v) is 8.94. The Hall–Kier alpha value is 0.0700. The summed E-state index contributed by atoms with van der Waals surface area (Å²) in [5.41, 5.74) is 0. The highest BCUT2D eigenvalue weighted by molar-refractivity contribution is 7.52. The van der Waals surface area contributed by atoms with E-state index < -0.39 is 13.4 Å². The predicted molar refractivity (Wildman–Crippen MR) is 52.6 cm³/mol. The minimum atomic E-state index is -4.36. The monoisotopic (exact) mass is 222 g/mol. The van der Waals surface area contributed by atoms with Crippen LogP contribution in [0.15, 0.2) is 0 Å². The third-order valence-electron chi connectivity index (χ3n) is 2.66. The Balaban J connectivity index is 2.43. The standard InChI is InChI=1S/C8H17NO4P/c1-2-9(7-4-3-5-7)6-8(10)14(11,12)13/h7-8,10H,1-6H2,(H2,11,12,13). The number of hydrogen-bond donors (Lipinski definition) is 3. The van der Waals surface area contributed by atoms with Gasteiger partial charge in [0, 0.05) is 12.6 Å². The van der Waals surface area contributed by atoms with Crippen molar-refractivity contribution in [3.63, 3.8) is 0 Å².